The van der Waals surface area contributed by atoms with Gasteiger partial charge in [-0.25, -0.2) is 0 Å². The number of hydrogen-bond donors (Lipinski definition) is 1. The van der Waals surface area contributed by atoms with E-state index in [-0.39, 0.29) is 0 Å². The number of unbranched alkanes of at least 4 members (excludes halogenated alkanes) is 2. The van der Waals surface area contributed by atoms with E-state index in [9.17, 15) is 0 Å². The van der Waals surface area contributed by atoms with E-state index in [2.05, 4.69) is 31.1 Å². The lowest BCUT2D eigenvalue weighted by Crippen LogP contribution is -2.41. The standard InChI is InChI=1S/C16H34N2/c1-4-6-9-13-18(3)15-16(10-7-8-11-16)14-17-12-5-2/h17H,4-15H2,1-3H3. The van der Waals surface area contributed by atoms with Gasteiger partial charge in [-0.2, -0.15) is 0 Å². The van der Waals surface area contributed by atoms with Crippen LogP contribution >= 0.6 is 0 Å². The first-order chi connectivity index (χ1) is 8.72. The number of rotatable bonds is 10. The second-order valence-corrected chi connectivity index (χ2v) is 6.33. The van der Waals surface area contributed by atoms with Crippen LogP contribution in [0.25, 0.3) is 0 Å². The molecule has 1 fully saturated rings. The van der Waals surface area contributed by atoms with Gasteiger partial charge >= 0.3 is 0 Å². The lowest BCUT2D eigenvalue weighted by atomic mass is 9.85. The molecule has 108 valence electrons. The first kappa shape index (κ1) is 16.0. The summed E-state index contributed by atoms with van der Waals surface area (Å²) in [6, 6.07) is 0. The summed E-state index contributed by atoms with van der Waals surface area (Å²) in [6.07, 6.45) is 11.1. The fourth-order valence-electron chi connectivity index (χ4n) is 3.33. The van der Waals surface area contributed by atoms with Crippen LogP contribution in [0.5, 0.6) is 0 Å². The van der Waals surface area contributed by atoms with E-state index >= 15 is 0 Å². The molecule has 0 atom stereocenters. The highest BCUT2D eigenvalue weighted by atomic mass is 15.1. The minimum atomic E-state index is 0.579. The minimum absolute atomic E-state index is 0.579. The van der Waals surface area contributed by atoms with Gasteiger partial charge in [-0.1, -0.05) is 39.5 Å². The van der Waals surface area contributed by atoms with Crippen LogP contribution in [0.2, 0.25) is 0 Å². The van der Waals surface area contributed by atoms with Crippen LogP contribution in [0.3, 0.4) is 0 Å². The normalized spacial score (nSPS) is 18.7. The van der Waals surface area contributed by atoms with Gasteiger partial charge in [0, 0.05) is 13.1 Å². The third-order valence-electron chi connectivity index (χ3n) is 4.34. The van der Waals surface area contributed by atoms with Crippen molar-refractivity contribution in [3.63, 3.8) is 0 Å². The Bertz CT molecular complexity index is 197. The van der Waals surface area contributed by atoms with Crippen LogP contribution in [-0.2, 0) is 0 Å². The molecule has 0 bridgehead atoms. The van der Waals surface area contributed by atoms with Crippen molar-refractivity contribution in [1.29, 1.82) is 0 Å². The molecule has 0 aromatic heterocycles. The van der Waals surface area contributed by atoms with Gasteiger partial charge in [0.2, 0.25) is 0 Å². The zero-order chi connectivity index (χ0) is 13.3. The number of hydrogen-bond acceptors (Lipinski definition) is 2. The van der Waals surface area contributed by atoms with Crippen LogP contribution in [0.1, 0.15) is 65.2 Å². The molecule has 0 radical (unpaired) electrons. The third-order valence-corrected chi connectivity index (χ3v) is 4.34. The van der Waals surface area contributed by atoms with E-state index in [1.54, 1.807) is 0 Å². The van der Waals surface area contributed by atoms with E-state index in [1.165, 1.54) is 77.5 Å². The summed E-state index contributed by atoms with van der Waals surface area (Å²) in [6.45, 7) is 9.54. The van der Waals surface area contributed by atoms with E-state index in [0.717, 1.165) is 0 Å². The monoisotopic (exact) mass is 254 g/mol. The molecular weight excluding hydrogens is 220 g/mol. The van der Waals surface area contributed by atoms with Gasteiger partial charge < -0.3 is 10.2 Å². The van der Waals surface area contributed by atoms with E-state index < -0.39 is 0 Å². The van der Waals surface area contributed by atoms with Crippen molar-refractivity contribution in [3.05, 3.63) is 0 Å². The molecule has 0 unspecified atom stereocenters. The molecule has 0 saturated heterocycles. The molecule has 0 amide bonds. The molecule has 2 nitrogen and oxygen atoms in total. The Balaban J connectivity index is 2.31. The fourth-order valence-corrected chi connectivity index (χ4v) is 3.33. The molecule has 1 aliphatic carbocycles. The highest BCUT2D eigenvalue weighted by molar-refractivity contribution is 4.88. The predicted octanol–water partition coefficient (Wildman–Crippen LogP) is 3.67. The third kappa shape index (κ3) is 5.71. The topological polar surface area (TPSA) is 15.3 Å². The van der Waals surface area contributed by atoms with Crippen molar-refractivity contribution in [2.75, 3.05) is 33.2 Å². The maximum Gasteiger partial charge on any atom is 0.00471 e. The lowest BCUT2D eigenvalue weighted by molar-refractivity contribution is 0.171. The average Bonchev–Trinajstić information content (AvgIpc) is 2.78. The van der Waals surface area contributed by atoms with Gasteiger partial charge in [0.05, 0.1) is 0 Å². The van der Waals surface area contributed by atoms with Crippen LogP contribution < -0.4 is 5.32 Å². The largest absolute Gasteiger partial charge is 0.316 e. The van der Waals surface area contributed by atoms with Crippen molar-refractivity contribution in [1.82, 2.24) is 10.2 Å². The highest BCUT2D eigenvalue weighted by Crippen LogP contribution is 2.38. The van der Waals surface area contributed by atoms with Crippen LogP contribution in [0.15, 0.2) is 0 Å². The summed E-state index contributed by atoms with van der Waals surface area (Å²) in [4.78, 5) is 2.58. The quantitative estimate of drug-likeness (QED) is 0.598. The summed E-state index contributed by atoms with van der Waals surface area (Å²) >= 11 is 0. The van der Waals surface area contributed by atoms with Gasteiger partial charge in [-0.05, 0) is 51.2 Å². The minimum Gasteiger partial charge on any atom is -0.316 e. The summed E-state index contributed by atoms with van der Waals surface area (Å²) in [5.74, 6) is 0. The van der Waals surface area contributed by atoms with Crippen LogP contribution in [-0.4, -0.2) is 38.1 Å². The summed E-state index contributed by atoms with van der Waals surface area (Å²) in [5.41, 5.74) is 0.579. The Morgan fingerprint density at radius 3 is 2.39 bits per heavy atom. The van der Waals surface area contributed by atoms with Crippen molar-refractivity contribution < 1.29 is 0 Å². The van der Waals surface area contributed by atoms with Crippen molar-refractivity contribution in [2.45, 2.75) is 65.2 Å². The van der Waals surface area contributed by atoms with E-state index in [4.69, 9.17) is 0 Å². The van der Waals surface area contributed by atoms with Gasteiger partial charge in [-0.15, -0.1) is 0 Å². The van der Waals surface area contributed by atoms with E-state index in [0.29, 0.717) is 5.41 Å². The maximum absolute atomic E-state index is 3.66. The van der Waals surface area contributed by atoms with Gasteiger partial charge in [-0.3, -0.25) is 0 Å². The Morgan fingerprint density at radius 2 is 1.78 bits per heavy atom. The maximum atomic E-state index is 3.66. The van der Waals surface area contributed by atoms with Crippen molar-refractivity contribution >= 4 is 0 Å². The van der Waals surface area contributed by atoms with Crippen molar-refractivity contribution in [3.8, 4) is 0 Å². The number of nitrogens with one attached hydrogen (secondary N) is 1. The molecule has 0 spiro atoms. The smallest absolute Gasteiger partial charge is 0.00471 e. The first-order valence-corrected chi connectivity index (χ1v) is 8.12. The Morgan fingerprint density at radius 1 is 1.06 bits per heavy atom. The molecule has 0 aromatic carbocycles. The lowest BCUT2D eigenvalue weighted by Gasteiger charge is -2.34. The second-order valence-electron chi connectivity index (χ2n) is 6.33. The highest BCUT2D eigenvalue weighted by Gasteiger charge is 2.34. The fraction of sp³-hybridized carbons (Fsp3) is 1.00. The average molecular weight is 254 g/mol. The molecule has 0 aliphatic heterocycles. The predicted molar refractivity (Wildman–Crippen MR) is 81.1 cm³/mol. The molecule has 0 heterocycles. The molecule has 1 rings (SSSR count). The van der Waals surface area contributed by atoms with Crippen LogP contribution in [0.4, 0.5) is 0 Å². The van der Waals surface area contributed by atoms with E-state index in [1.807, 2.05) is 0 Å². The van der Waals surface area contributed by atoms with Crippen LogP contribution in [0, 0.1) is 5.41 Å². The molecular formula is C16H34N2. The molecule has 1 N–H and O–H groups in total. The first-order valence-electron chi connectivity index (χ1n) is 8.12. The summed E-state index contributed by atoms with van der Waals surface area (Å²) < 4.78 is 0. The summed E-state index contributed by atoms with van der Waals surface area (Å²) in [5, 5.41) is 3.66. The molecule has 18 heavy (non-hydrogen) atoms. The summed E-state index contributed by atoms with van der Waals surface area (Å²) in [7, 11) is 2.32. The van der Waals surface area contributed by atoms with Gasteiger partial charge in [0.15, 0.2) is 0 Å². The SMILES string of the molecule is CCCCCN(C)CC1(CNCCC)CCCC1. The van der Waals surface area contributed by atoms with Crippen molar-refractivity contribution in [2.24, 2.45) is 5.41 Å². The number of nitrogens with zero attached hydrogens (tertiary/aromatic N) is 1. The second kappa shape index (κ2) is 8.92. The Hall–Kier alpha value is -0.0800. The molecule has 0 aromatic rings. The molecule has 2 heteroatoms. The van der Waals surface area contributed by atoms with Gasteiger partial charge in [0.25, 0.3) is 0 Å². The zero-order valence-corrected chi connectivity index (χ0v) is 12.9. The Kier molecular flexibility index (Phi) is 7.92. The van der Waals surface area contributed by atoms with Gasteiger partial charge in [0.1, 0.15) is 0 Å². The zero-order valence-electron chi connectivity index (χ0n) is 12.9. The molecule has 1 saturated carbocycles. The Labute approximate surface area is 115 Å². The molecule has 1 aliphatic rings.